The number of primary amides is 1. The molecule has 0 radical (unpaired) electrons. The number of anilines is 1. The quantitative estimate of drug-likeness (QED) is 0.687. The van der Waals surface area contributed by atoms with Crippen molar-refractivity contribution < 1.29 is 9.90 Å². The summed E-state index contributed by atoms with van der Waals surface area (Å²) in [5.41, 5.74) is 4.70. The first kappa shape index (κ1) is 12.4. The second-order valence-corrected chi connectivity index (χ2v) is 4.00. The summed E-state index contributed by atoms with van der Waals surface area (Å²) >= 11 is 0. The highest BCUT2D eigenvalue weighted by atomic mass is 16.3. The molecule has 0 saturated heterocycles. The maximum Gasteiger partial charge on any atom is 0.250 e. The van der Waals surface area contributed by atoms with Crippen LogP contribution in [0.4, 0.5) is 5.82 Å². The zero-order valence-electron chi connectivity index (χ0n) is 9.53. The Hall–Kier alpha value is -1.62. The van der Waals surface area contributed by atoms with Crippen molar-refractivity contribution in [3.63, 3.8) is 0 Å². The number of nitrogens with two attached hydrogens (primary N) is 1. The summed E-state index contributed by atoms with van der Waals surface area (Å²) in [6.45, 7) is 4.06. The van der Waals surface area contributed by atoms with Gasteiger partial charge in [0.1, 0.15) is 5.82 Å². The largest absolute Gasteiger partial charge is 0.388 e. The van der Waals surface area contributed by atoms with Gasteiger partial charge in [-0.05, 0) is 25.5 Å². The van der Waals surface area contributed by atoms with E-state index in [-0.39, 0.29) is 0 Å². The first-order valence-electron chi connectivity index (χ1n) is 5.17. The lowest BCUT2D eigenvalue weighted by atomic mass is 10.0. The summed E-state index contributed by atoms with van der Waals surface area (Å²) in [5, 5.41) is 12.8. The molecule has 5 nitrogen and oxygen atoms in total. The molecule has 1 rings (SSSR count). The molecule has 88 valence electrons. The highest BCUT2D eigenvalue weighted by molar-refractivity contribution is 5.92. The first-order chi connectivity index (χ1) is 7.44. The van der Waals surface area contributed by atoms with Gasteiger partial charge in [0.2, 0.25) is 5.91 Å². The fraction of sp³-hybridized carbons (Fsp3) is 0.455. The van der Waals surface area contributed by atoms with Gasteiger partial charge >= 0.3 is 0 Å². The van der Waals surface area contributed by atoms with Crippen molar-refractivity contribution in [2.45, 2.75) is 25.9 Å². The molecular formula is C11H17N3O2. The predicted molar refractivity (Wildman–Crippen MR) is 62.2 cm³/mol. The highest BCUT2D eigenvalue weighted by Crippen LogP contribution is 2.10. The summed E-state index contributed by atoms with van der Waals surface area (Å²) in [7, 11) is 0. The normalized spacial score (nSPS) is 14.2. The third kappa shape index (κ3) is 3.51. The fourth-order valence-corrected chi connectivity index (χ4v) is 1.05. The van der Waals surface area contributed by atoms with Crippen molar-refractivity contribution in [2.75, 3.05) is 11.9 Å². The standard InChI is InChI=1S/C11H17N3O2/c1-3-11(2,16)7-14-9-5-4-8(6-13-9)10(12)15/h4-6,16H,3,7H2,1-2H3,(H2,12,15)(H,13,14). The fourth-order valence-electron chi connectivity index (χ4n) is 1.05. The van der Waals surface area contributed by atoms with Crippen LogP contribution < -0.4 is 11.1 Å². The topological polar surface area (TPSA) is 88.2 Å². The highest BCUT2D eigenvalue weighted by Gasteiger charge is 2.16. The summed E-state index contributed by atoms with van der Waals surface area (Å²) in [5.74, 6) is 0.110. The van der Waals surface area contributed by atoms with Crippen LogP contribution in [0.5, 0.6) is 0 Å². The molecule has 0 aliphatic rings. The van der Waals surface area contributed by atoms with Gasteiger partial charge in [0.05, 0.1) is 11.2 Å². The maximum absolute atomic E-state index is 10.8. The Morgan fingerprint density at radius 2 is 2.31 bits per heavy atom. The van der Waals surface area contributed by atoms with E-state index in [1.807, 2.05) is 6.92 Å². The second-order valence-electron chi connectivity index (χ2n) is 4.00. The number of aromatic nitrogens is 1. The van der Waals surface area contributed by atoms with Crippen LogP contribution in [0.3, 0.4) is 0 Å². The number of carbonyl (C=O) groups excluding carboxylic acids is 1. The lowest BCUT2D eigenvalue weighted by Crippen LogP contribution is -2.32. The number of pyridine rings is 1. The Balaban J connectivity index is 2.59. The summed E-state index contributed by atoms with van der Waals surface area (Å²) < 4.78 is 0. The number of carbonyl (C=O) groups is 1. The van der Waals surface area contributed by atoms with Crippen LogP contribution in [0.1, 0.15) is 30.6 Å². The Morgan fingerprint density at radius 1 is 1.62 bits per heavy atom. The van der Waals surface area contributed by atoms with E-state index < -0.39 is 11.5 Å². The van der Waals surface area contributed by atoms with E-state index in [9.17, 15) is 9.90 Å². The van der Waals surface area contributed by atoms with Gasteiger partial charge in [0.25, 0.3) is 0 Å². The molecule has 0 bridgehead atoms. The minimum atomic E-state index is -0.760. The van der Waals surface area contributed by atoms with Crippen molar-refractivity contribution in [2.24, 2.45) is 5.73 Å². The molecule has 1 aromatic rings. The minimum Gasteiger partial charge on any atom is -0.388 e. The number of hydrogen-bond acceptors (Lipinski definition) is 4. The molecule has 0 spiro atoms. The number of amides is 1. The SMILES string of the molecule is CCC(C)(O)CNc1ccc(C(N)=O)cn1. The van der Waals surface area contributed by atoms with Crippen LogP contribution in [0, 0.1) is 0 Å². The molecule has 0 saturated carbocycles. The molecule has 0 aromatic carbocycles. The number of rotatable bonds is 5. The summed E-state index contributed by atoms with van der Waals surface area (Å²) in [4.78, 5) is 14.8. The number of nitrogens with zero attached hydrogens (tertiary/aromatic N) is 1. The van der Waals surface area contributed by atoms with E-state index in [4.69, 9.17) is 5.73 Å². The summed E-state index contributed by atoms with van der Waals surface area (Å²) in [6.07, 6.45) is 2.06. The van der Waals surface area contributed by atoms with Gasteiger partial charge in [-0.25, -0.2) is 4.98 Å². The maximum atomic E-state index is 10.8. The Bertz CT molecular complexity index is 360. The van der Waals surface area contributed by atoms with Gasteiger partial charge < -0.3 is 16.2 Å². The Labute approximate surface area is 94.7 Å². The van der Waals surface area contributed by atoms with Crippen molar-refractivity contribution in [3.8, 4) is 0 Å². The smallest absolute Gasteiger partial charge is 0.250 e. The van der Waals surface area contributed by atoms with Crippen LogP contribution in [0.2, 0.25) is 0 Å². The lowest BCUT2D eigenvalue weighted by Gasteiger charge is -2.21. The van der Waals surface area contributed by atoms with Crippen molar-refractivity contribution >= 4 is 11.7 Å². The van der Waals surface area contributed by atoms with Gasteiger partial charge in [-0.3, -0.25) is 4.79 Å². The molecule has 1 unspecified atom stereocenters. The van der Waals surface area contributed by atoms with Crippen molar-refractivity contribution in [1.29, 1.82) is 0 Å². The number of hydrogen-bond donors (Lipinski definition) is 3. The number of nitrogens with one attached hydrogen (secondary N) is 1. The van der Waals surface area contributed by atoms with E-state index in [0.29, 0.717) is 24.3 Å². The Kier molecular flexibility index (Phi) is 3.84. The van der Waals surface area contributed by atoms with E-state index in [0.717, 1.165) is 0 Å². The molecule has 1 heterocycles. The zero-order valence-corrected chi connectivity index (χ0v) is 9.53. The van der Waals surface area contributed by atoms with E-state index in [1.54, 1.807) is 19.1 Å². The first-order valence-corrected chi connectivity index (χ1v) is 5.17. The second kappa shape index (κ2) is 4.94. The molecule has 0 fully saturated rings. The third-order valence-electron chi connectivity index (χ3n) is 2.46. The van der Waals surface area contributed by atoms with Crippen LogP contribution in [-0.4, -0.2) is 28.1 Å². The van der Waals surface area contributed by atoms with Gasteiger partial charge in [-0.2, -0.15) is 0 Å². The molecule has 4 N–H and O–H groups in total. The van der Waals surface area contributed by atoms with Crippen LogP contribution in [-0.2, 0) is 0 Å². The van der Waals surface area contributed by atoms with Crippen LogP contribution in [0.15, 0.2) is 18.3 Å². The average Bonchev–Trinajstić information content (AvgIpc) is 2.27. The minimum absolute atomic E-state index is 0.368. The molecular weight excluding hydrogens is 206 g/mol. The average molecular weight is 223 g/mol. The monoisotopic (exact) mass is 223 g/mol. The van der Waals surface area contributed by atoms with E-state index in [2.05, 4.69) is 10.3 Å². The van der Waals surface area contributed by atoms with E-state index >= 15 is 0 Å². The molecule has 0 aliphatic carbocycles. The predicted octanol–water partition coefficient (Wildman–Crippen LogP) is 0.753. The molecule has 0 aliphatic heterocycles. The molecule has 16 heavy (non-hydrogen) atoms. The van der Waals surface area contributed by atoms with Gasteiger partial charge in [0, 0.05) is 12.7 Å². The molecule has 1 amide bonds. The van der Waals surface area contributed by atoms with Gasteiger partial charge in [0.15, 0.2) is 0 Å². The third-order valence-corrected chi connectivity index (χ3v) is 2.46. The van der Waals surface area contributed by atoms with Crippen molar-refractivity contribution in [1.82, 2.24) is 4.98 Å². The molecule has 1 aromatic heterocycles. The molecule has 5 heteroatoms. The Morgan fingerprint density at radius 3 is 2.75 bits per heavy atom. The van der Waals surface area contributed by atoms with Gasteiger partial charge in [-0.1, -0.05) is 6.92 Å². The van der Waals surface area contributed by atoms with Crippen LogP contribution >= 0.6 is 0 Å². The summed E-state index contributed by atoms with van der Waals surface area (Å²) in [6, 6.07) is 3.25. The number of aliphatic hydroxyl groups is 1. The van der Waals surface area contributed by atoms with E-state index in [1.165, 1.54) is 6.20 Å². The molecule has 1 atom stereocenters. The lowest BCUT2D eigenvalue weighted by molar-refractivity contribution is 0.0696. The van der Waals surface area contributed by atoms with Crippen LogP contribution in [0.25, 0.3) is 0 Å². The van der Waals surface area contributed by atoms with Gasteiger partial charge in [-0.15, -0.1) is 0 Å². The van der Waals surface area contributed by atoms with Crippen molar-refractivity contribution in [3.05, 3.63) is 23.9 Å². The zero-order chi connectivity index (χ0) is 12.2.